The second-order valence-corrected chi connectivity index (χ2v) is 4.39. The molecule has 0 radical (unpaired) electrons. The minimum Gasteiger partial charge on any atom is -0.378 e. The SMILES string of the molecule is Cn1cc(NCc2ccc(-n3ccnc3)cc2)cn1. The highest BCUT2D eigenvalue weighted by Gasteiger charge is 1.98. The van der Waals surface area contributed by atoms with Gasteiger partial charge >= 0.3 is 0 Å². The second-order valence-electron chi connectivity index (χ2n) is 4.39. The summed E-state index contributed by atoms with van der Waals surface area (Å²) in [5, 5.41) is 7.45. The molecule has 1 N–H and O–H groups in total. The monoisotopic (exact) mass is 253 g/mol. The van der Waals surface area contributed by atoms with Gasteiger partial charge < -0.3 is 9.88 Å². The molecule has 0 unspecified atom stereocenters. The van der Waals surface area contributed by atoms with Crippen molar-refractivity contribution < 1.29 is 0 Å². The van der Waals surface area contributed by atoms with Crippen LogP contribution < -0.4 is 5.32 Å². The Morgan fingerprint density at radius 2 is 2.05 bits per heavy atom. The Kier molecular flexibility index (Phi) is 3.02. The van der Waals surface area contributed by atoms with E-state index in [2.05, 4.69) is 39.7 Å². The standard InChI is InChI=1S/C14H15N5/c1-18-10-13(9-17-18)16-8-12-2-4-14(5-3-12)19-7-6-15-11-19/h2-7,9-11,16H,8H2,1H3. The van der Waals surface area contributed by atoms with E-state index in [4.69, 9.17) is 0 Å². The first kappa shape index (κ1) is 11.5. The molecule has 2 heterocycles. The van der Waals surface area contributed by atoms with Gasteiger partial charge in [0, 0.05) is 37.9 Å². The number of hydrogen-bond acceptors (Lipinski definition) is 3. The first-order valence-electron chi connectivity index (χ1n) is 6.11. The molecule has 0 saturated heterocycles. The summed E-state index contributed by atoms with van der Waals surface area (Å²) in [7, 11) is 1.91. The molecule has 0 amide bonds. The maximum Gasteiger partial charge on any atom is 0.0991 e. The summed E-state index contributed by atoms with van der Waals surface area (Å²) < 4.78 is 3.77. The number of benzene rings is 1. The van der Waals surface area contributed by atoms with E-state index in [0.29, 0.717) is 0 Å². The quantitative estimate of drug-likeness (QED) is 0.775. The summed E-state index contributed by atoms with van der Waals surface area (Å²) in [6.45, 7) is 0.788. The molecule has 0 fully saturated rings. The molecule has 1 aromatic carbocycles. The topological polar surface area (TPSA) is 47.7 Å². The van der Waals surface area contributed by atoms with Gasteiger partial charge in [-0.05, 0) is 17.7 Å². The fourth-order valence-electron chi connectivity index (χ4n) is 1.91. The third-order valence-electron chi connectivity index (χ3n) is 2.94. The molecule has 5 nitrogen and oxygen atoms in total. The van der Waals surface area contributed by atoms with Crippen molar-refractivity contribution in [3.8, 4) is 5.69 Å². The van der Waals surface area contributed by atoms with Crippen LogP contribution in [0.5, 0.6) is 0 Å². The third-order valence-corrected chi connectivity index (χ3v) is 2.94. The highest BCUT2D eigenvalue weighted by Crippen LogP contribution is 2.11. The molecule has 96 valence electrons. The maximum atomic E-state index is 4.12. The average Bonchev–Trinajstić information content (AvgIpc) is 3.08. The van der Waals surface area contributed by atoms with Gasteiger partial charge in [0.2, 0.25) is 0 Å². The van der Waals surface area contributed by atoms with Crippen LogP contribution in [0.2, 0.25) is 0 Å². The van der Waals surface area contributed by atoms with Crippen molar-refractivity contribution in [2.75, 3.05) is 5.32 Å². The lowest BCUT2D eigenvalue weighted by atomic mass is 10.2. The smallest absolute Gasteiger partial charge is 0.0991 e. The van der Waals surface area contributed by atoms with Crippen LogP contribution in [0.15, 0.2) is 55.4 Å². The molecule has 2 aromatic heterocycles. The Labute approximate surface area is 111 Å². The van der Waals surface area contributed by atoms with E-state index in [1.165, 1.54) is 5.56 Å². The van der Waals surface area contributed by atoms with Crippen LogP contribution in [0.25, 0.3) is 5.69 Å². The van der Waals surface area contributed by atoms with Gasteiger partial charge in [-0.3, -0.25) is 4.68 Å². The first-order valence-corrected chi connectivity index (χ1v) is 6.11. The fraction of sp³-hybridized carbons (Fsp3) is 0.143. The summed E-state index contributed by atoms with van der Waals surface area (Å²) >= 11 is 0. The van der Waals surface area contributed by atoms with E-state index in [0.717, 1.165) is 17.9 Å². The molecule has 19 heavy (non-hydrogen) atoms. The van der Waals surface area contributed by atoms with Gasteiger partial charge in [-0.15, -0.1) is 0 Å². The molecular weight excluding hydrogens is 238 g/mol. The summed E-state index contributed by atoms with van der Waals surface area (Å²) in [4.78, 5) is 4.04. The molecule has 5 heteroatoms. The highest BCUT2D eigenvalue weighted by atomic mass is 15.3. The number of rotatable bonds is 4. The predicted octanol–water partition coefficient (Wildman–Crippen LogP) is 2.22. The molecular formula is C14H15N5. The Morgan fingerprint density at radius 3 is 2.68 bits per heavy atom. The van der Waals surface area contributed by atoms with Crippen molar-refractivity contribution >= 4 is 5.69 Å². The van der Waals surface area contributed by atoms with E-state index in [1.54, 1.807) is 17.2 Å². The number of imidazole rings is 1. The lowest BCUT2D eigenvalue weighted by Crippen LogP contribution is -1.99. The van der Waals surface area contributed by atoms with Gasteiger partial charge in [0.15, 0.2) is 0 Å². The molecule has 3 rings (SSSR count). The van der Waals surface area contributed by atoms with Gasteiger partial charge in [-0.1, -0.05) is 12.1 Å². The zero-order valence-electron chi connectivity index (χ0n) is 10.7. The average molecular weight is 253 g/mol. The maximum absolute atomic E-state index is 4.12. The van der Waals surface area contributed by atoms with Crippen molar-refractivity contribution in [2.24, 2.45) is 7.05 Å². The number of anilines is 1. The zero-order valence-corrected chi connectivity index (χ0v) is 10.7. The third kappa shape index (κ3) is 2.65. The van der Waals surface area contributed by atoms with E-state index < -0.39 is 0 Å². The normalized spacial score (nSPS) is 10.6. The van der Waals surface area contributed by atoms with Crippen molar-refractivity contribution in [1.29, 1.82) is 0 Å². The van der Waals surface area contributed by atoms with Crippen molar-refractivity contribution in [3.63, 3.8) is 0 Å². The predicted molar refractivity (Wildman–Crippen MR) is 74.1 cm³/mol. The second kappa shape index (κ2) is 4.97. The summed E-state index contributed by atoms with van der Waals surface area (Å²) in [5.74, 6) is 0. The van der Waals surface area contributed by atoms with Crippen LogP contribution >= 0.6 is 0 Å². The van der Waals surface area contributed by atoms with Crippen LogP contribution in [-0.2, 0) is 13.6 Å². The minimum absolute atomic E-state index is 0.788. The van der Waals surface area contributed by atoms with E-state index in [-0.39, 0.29) is 0 Å². The lowest BCUT2D eigenvalue weighted by Gasteiger charge is -2.06. The number of nitrogens with zero attached hydrogens (tertiary/aromatic N) is 4. The minimum atomic E-state index is 0.788. The Balaban J connectivity index is 1.66. The van der Waals surface area contributed by atoms with Gasteiger partial charge in [0.25, 0.3) is 0 Å². The van der Waals surface area contributed by atoms with Crippen LogP contribution in [-0.4, -0.2) is 19.3 Å². The number of hydrogen-bond donors (Lipinski definition) is 1. The molecule has 3 aromatic rings. The molecule has 0 aliphatic carbocycles. The lowest BCUT2D eigenvalue weighted by molar-refractivity contribution is 0.768. The number of nitrogens with one attached hydrogen (secondary N) is 1. The van der Waals surface area contributed by atoms with E-state index >= 15 is 0 Å². The first-order chi connectivity index (χ1) is 9.31. The molecule has 0 spiro atoms. The molecule has 0 aliphatic rings. The summed E-state index contributed by atoms with van der Waals surface area (Å²) in [6.07, 6.45) is 9.28. The highest BCUT2D eigenvalue weighted by molar-refractivity contribution is 5.40. The number of aromatic nitrogens is 4. The number of aryl methyl sites for hydroxylation is 1. The Morgan fingerprint density at radius 1 is 1.21 bits per heavy atom. The van der Waals surface area contributed by atoms with Gasteiger partial charge in [-0.25, -0.2) is 4.98 Å². The Hall–Kier alpha value is -2.56. The fourth-order valence-corrected chi connectivity index (χ4v) is 1.91. The van der Waals surface area contributed by atoms with E-state index in [9.17, 15) is 0 Å². The molecule has 0 atom stereocenters. The molecule has 0 aliphatic heterocycles. The van der Waals surface area contributed by atoms with Crippen LogP contribution in [0.4, 0.5) is 5.69 Å². The summed E-state index contributed by atoms with van der Waals surface area (Å²) in [5.41, 5.74) is 3.37. The molecule has 0 saturated carbocycles. The Bertz CT molecular complexity index is 637. The summed E-state index contributed by atoms with van der Waals surface area (Å²) in [6, 6.07) is 8.39. The largest absolute Gasteiger partial charge is 0.378 e. The van der Waals surface area contributed by atoms with Gasteiger partial charge in [0.1, 0.15) is 0 Å². The van der Waals surface area contributed by atoms with Crippen molar-refractivity contribution in [1.82, 2.24) is 19.3 Å². The van der Waals surface area contributed by atoms with Crippen LogP contribution in [0.3, 0.4) is 0 Å². The molecule has 0 bridgehead atoms. The zero-order chi connectivity index (χ0) is 13.1. The van der Waals surface area contributed by atoms with Gasteiger partial charge in [-0.2, -0.15) is 5.10 Å². The van der Waals surface area contributed by atoms with Crippen LogP contribution in [0.1, 0.15) is 5.56 Å². The van der Waals surface area contributed by atoms with Crippen molar-refractivity contribution in [3.05, 3.63) is 60.9 Å². The van der Waals surface area contributed by atoms with Crippen LogP contribution in [0, 0.1) is 0 Å². The van der Waals surface area contributed by atoms with E-state index in [1.807, 2.05) is 30.2 Å². The van der Waals surface area contributed by atoms with Crippen molar-refractivity contribution in [2.45, 2.75) is 6.54 Å². The van der Waals surface area contributed by atoms with Gasteiger partial charge in [0.05, 0.1) is 18.2 Å².